The zero-order valence-corrected chi connectivity index (χ0v) is 14.8. The van der Waals surface area contributed by atoms with E-state index in [4.69, 9.17) is 0 Å². The summed E-state index contributed by atoms with van der Waals surface area (Å²) in [5, 5.41) is 23.9. The van der Waals surface area contributed by atoms with Crippen LogP contribution in [-0.2, 0) is 4.79 Å². The van der Waals surface area contributed by atoms with Gasteiger partial charge in [0.2, 0.25) is 11.0 Å². The maximum absolute atomic E-state index is 12.4. The molecule has 23 heavy (non-hydrogen) atoms. The van der Waals surface area contributed by atoms with Crippen LogP contribution in [0.15, 0.2) is 17.0 Å². The topological polar surface area (TPSA) is 90.7 Å². The van der Waals surface area contributed by atoms with Gasteiger partial charge in [-0.15, -0.1) is 16.8 Å². The van der Waals surface area contributed by atoms with Crippen molar-refractivity contribution in [2.24, 2.45) is 0 Å². The second-order valence-corrected chi connectivity index (χ2v) is 8.11. The Morgan fingerprint density at radius 1 is 1.52 bits per heavy atom. The molecule has 1 amide bonds. The van der Waals surface area contributed by atoms with Gasteiger partial charge in [-0.05, 0) is 19.8 Å². The number of hydrogen-bond donors (Lipinski definition) is 2. The van der Waals surface area contributed by atoms with Gasteiger partial charge in [0.15, 0.2) is 4.34 Å². The van der Waals surface area contributed by atoms with Crippen LogP contribution >= 0.6 is 23.1 Å². The summed E-state index contributed by atoms with van der Waals surface area (Å²) >= 11 is 2.77. The highest BCUT2D eigenvalue weighted by atomic mass is 32.2. The molecule has 0 unspecified atom stereocenters. The molecule has 124 valence electrons. The molecule has 0 aromatic carbocycles. The Morgan fingerprint density at radius 3 is 2.91 bits per heavy atom. The van der Waals surface area contributed by atoms with Crippen molar-refractivity contribution in [3.05, 3.63) is 12.7 Å². The van der Waals surface area contributed by atoms with E-state index in [1.807, 2.05) is 6.92 Å². The molecule has 1 fully saturated rings. The summed E-state index contributed by atoms with van der Waals surface area (Å²) in [7, 11) is 0. The number of nitriles is 1. The fourth-order valence-electron chi connectivity index (χ4n) is 2.45. The third-order valence-electron chi connectivity index (χ3n) is 3.73. The van der Waals surface area contributed by atoms with Crippen molar-refractivity contribution in [2.45, 2.75) is 54.2 Å². The van der Waals surface area contributed by atoms with Crippen molar-refractivity contribution < 1.29 is 4.79 Å². The molecule has 1 saturated carbocycles. The van der Waals surface area contributed by atoms with Gasteiger partial charge in [-0.25, -0.2) is 0 Å². The molecule has 1 heterocycles. The number of hydrogen-bond acceptors (Lipinski definition) is 7. The van der Waals surface area contributed by atoms with E-state index in [0.29, 0.717) is 11.7 Å². The predicted octanol–water partition coefficient (Wildman–Crippen LogP) is 2.96. The molecule has 1 aromatic heterocycles. The molecule has 1 aliphatic rings. The largest absolute Gasteiger partial charge is 0.357 e. The number of aromatic nitrogens is 2. The van der Waals surface area contributed by atoms with Gasteiger partial charge in [-0.2, -0.15) is 5.26 Å². The minimum atomic E-state index is -0.693. The summed E-state index contributed by atoms with van der Waals surface area (Å²) in [6, 6.07) is 2.31. The maximum atomic E-state index is 12.4. The first kappa shape index (κ1) is 17.8. The number of nitrogens with zero attached hydrogens (tertiary/aromatic N) is 3. The SMILES string of the molecule is C=CCNc1nnc(S[C@H](C)C(=O)NC2(C#N)CCCCC2)s1. The zero-order valence-electron chi connectivity index (χ0n) is 13.2. The molecule has 6 nitrogen and oxygen atoms in total. The number of anilines is 1. The van der Waals surface area contributed by atoms with Crippen LogP contribution in [0, 0.1) is 11.3 Å². The van der Waals surface area contributed by atoms with Gasteiger partial charge in [0.1, 0.15) is 5.54 Å². The van der Waals surface area contributed by atoms with Crippen LogP contribution in [0.4, 0.5) is 5.13 Å². The molecule has 1 atom stereocenters. The summed E-state index contributed by atoms with van der Waals surface area (Å²) in [5.74, 6) is -0.116. The first-order valence-electron chi connectivity index (χ1n) is 7.67. The van der Waals surface area contributed by atoms with Crippen LogP contribution in [0.1, 0.15) is 39.0 Å². The van der Waals surface area contributed by atoms with Crippen LogP contribution in [0.3, 0.4) is 0 Å². The summed E-state index contributed by atoms with van der Waals surface area (Å²) in [6.07, 6.45) is 6.33. The van der Waals surface area contributed by atoms with Crippen LogP contribution in [0.25, 0.3) is 0 Å². The average Bonchev–Trinajstić information content (AvgIpc) is 3.01. The second kappa shape index (κ2) is 8.31. The molecule has 0 aliphatic heterocycles. The van der Waals surface area contributed by atoms with E-state index in [1.54, 1.807) is 6.08 Å². The standard InChI is InChI=1S/C15H21N5OS2/c1-3-9-17-13-19-20-14(23-13)22-11(2)12(21)18-15(10-16)7-5-4-6-8-15/h3,11H,1,4-9H2,2H3,(H,17,19)(H,18,21)/t11-/m1/s1. The van der Waals surface area contributed by atoms with Gasteiger partial charge in [-0.1, -0.05) is 48.4 Å². The predicted molar refractivity (Wildman–Crippen MR) is 93.5 cm³/mol. The van der Waals surface area contributed by atoms with Crippen LogP contribution in [0.5, 0.6) is 0 Å². The molecule has 0 saturated heterocycles. The fourth-order valence-corrected chi connectivity index (χ4v) is 4.35. The lowest BCUT2D eigenvalue weighted by Gasteiger charge is -2.32. The Morgan fingerprint density at radius 2 is 2.26 bits per heavy atom. The highest BCUT2D eigenvalue weighted by molar-refractivity contribution is 8.02. The van der Waals surface area contributed by atoms with Gasteiger partial charge in [0.25, 0.3) is 0 Å². The molecule has 2 N–H and O–H groups in total. The quantitative estimate of drug-likeness (QED) is 0.580. The molecular weight excluding hydrogens is 330 g/mol. The fraction of sp³-hybridized carbons (Fsp3) is 0.600. The van der Waals surface area contributed by atoms with Gasteiger partial charge >= 0.3 is 0 Å². The first-order valence-corrected chi connectivity index (χ1v) is 9.36. The molecule has 1 aliphatic carbocycles. The lowest BCUT2D eigenvalue weighted by Crippen LogP contribution is -2.50. The highest BCUT2D eigenvalue weighted by Crippen LogP contribution is 2.31. The molecule has 0 radical (unpaired) electrons. The smallest absolute Gasteiger partial charge is 0.234 e. The minimum Gasteiger partial charge on any atom is -0.357 e. The van der Waals surface area contributed by atoms with E-state index in [9.17, 15) is 10.1 Å². The molecule has 1 aromatic rings. The van der Waals surface area contributed by atoms with Gasteiger partial charge < -0.3 is 10.6 Å². The summed E-state index contributed by atoms with van der Waals surface area (Å²) in [6.45, 7) is 6.08. The summed E-state index contributed by atoms with van der Waals surface area (Å²) < 4.78 is 0.730. The first-order chi connectivity index (χ1) is 11.1. The number of rotatable bonds is 7. The van der Waals surface area contributed by atoms with E-state index in [0.717, 1.165) is 36.4 Å². The van der Waals surface area contributed by atoms with E-state index < -0.39 is 5.54 Å². The van der Waals surface area contributed by atoms with Gasteiger partial charge in [-0.3, -0.25) is 4.79 Å². The molecule has 2 rings (SSSR count). The zero-order chi connectivity index (χ0) is 16.7. The van der Waals surface area contributed by atoms with Crippen LogP contribution in [0.2, 0.25) is 0 Å². The molecule has 0 bridgehead atoms. The van der Waals surface area contributed by atoms with Crippen LogP contribution < -0.4 is 10.6 Å². The van der Waals surface area contributed by atoms with Gasteiger partial charge in [0, 0.05) is 6.54 Å². The van der Waals surface area contributed by atoms with E-state index in [1.165, 1.54) is 23.1 Å². The van der Waals surface area contributed by atoms with E-state index >= 15 is 0 Å². The highest BCUT2D eigenvalue weighted by Gasteiger charge is 2.35. The number of carbonyl (C=O) groups excluding carboxylic acids is 1. The Hall–Kier alpha value is -1.59. The summed E-state index contributed by atoms with van der Waals surface area (Å²) in [5.41, 5.74) is -0.693. The number of thioether (sulfide) groups is 1. The molecular formula is C15H21N5OS2. The van der Waals surface area contributed by atoms with E-state index in [-0.39, 0.29) is 11.2 Å². The van der Waals surface area contributed by atoms with Crippen LogP contribution in [-0.4, -0.2) is 33.4 Å². The van der Waals surface area contributed by atoms with Crippen molar-refractivity contribution in [3.63, 3.8) is 0 Å². The van der Waals surface area contributed by atoms with Crippen molar-refractivity contribution in [1.82, 2.24) is 15.5 Å². The number of amides is 1. The number of carbonyl (C=O) groups is 1. The molecule has 8 heteroatoms. The normalized spacial score (nSPS) is 17.7. The number of nitrogens with one attached hydrogen (secondary N) is 2. The maximum Gasteiger partial charge on any atom is 0.234 e. The Kier molecular flexibility index (Phi) is 6.42. The second-order valence-electron chi connectivity index (χ2n) is 5.55. The van der Waals surface area contributed by atoms with E-state index in [2.05, 4.69) is 33.5 Å². The molecule has 0 spiro atoms. The third kappa shape index (κ3) is 4.94. The monoisotopic (exact) mass is 351 g/mol. The third-order valence-corrected chi connectivity index (χ3v) is 5.80. The Bertz CT molecular complexity index is 589. The lowest BCUT2D eigenvalue weighted by molar-refractivity contribution is -0.121. The Labute approximate surface area is 144 Å². The van der Waals surface area contributed by atoms with Crippen molar-refractivity contribution in [3.8, 4) is 6.07 Å². The average molecular weight is 352 g/mol. The van der Waals surface area contributed by atoms with Crippen molar-refractivity contribution in [2.75, 3.05) is 11.9 Å². The minimum absolute atomic E-state index is 0.116. The van der Waals surface area contributed by atoms with Crippen molar-refractivity contribution >= 4 is 34.1 Å². The van der Waals surface area contributed by atoms with Gasteiger partial charge in [0.05, 0.1) is 11.3 Å². The Balaban J connectivity index is 1.90. The lowest BCUT2D eigenvalue weighted by atomic mass is 9.83. The summed E-state index contributed by atoms with van der Waals surface area (Å²) in [4.78, 5) is 12.4. The van der Waals surface area contributed by atoms with Crippen molar-refractivity contribution in [1.29, 1.82) is 5.26 Å².